The van der Waals surface area contributed by atoms with Crippen molar-refractivity contribution in [3.63, 3.8) is 0 Å². The molecule has 0 fully saturated rings. The van der Waals surface area contributed by atoms with Crippen LogP contribution in [0.3, 0.4) is 0 Å². The van der Waals surface area contributed by atoms with Gasteiger partial charge in [-0.25, -0.2) is 4.39 Å². The van der Waals surface area contributed by atoms with E-state index in [0.717, 1.165) is 0 Å². The van der Waals surface area contributed by atoms with Gasteiger partial charge >= 0.3 is 0 Å². The Labute approximate surface area is 102 Å². The van der Waals surface area contributed by atoms with E-state index in [1.165, 1.54) is 12.1 Å². The number of Topliss-reactive ketones (excluding diaryl/α,β-unsaturated/α-hetero) is 1. The molecule has 0 radical (unpaired) electrons. The van der Waals surface area contributed by atoms with Gasteiger partial charge in [-0.15, -0.1) is 0 Å². The lowest BCUT2D eigenvalue weighted by atomic mass is 10.1. The zero-order chi connectivity index (χ0) is 10.0. The molecule has 0 amide bonds. The van der Waals surface area contributed by atoms with E-state index in [9.17, 15) is 9.18 Å². The molecule has 0 spiro atoms. The van der Waals surface area contributed by atoms with Gasteiger partial charge in [0, 0.05) is 3.57 Å². The first-order valence-corrected chi connectivity index (χ1v) is 5.88. The summed E-state index contributed by atoms with van der Waals surface area (Å²) in [5, 5.41) is 0.258. The Morgan fingerprint density at radius 1 is 1.62 bits per heavy atom. The fraction of sp³-hybridized carbons (Fsp3) is 0.125. The van der Waals surface area contributed by atoms with Crippen LogP contribution in [0, 0.1) is 9.39 Å². The molecule has 1 aromatic carbocycles. The minimum Gasteiger partial charge on any atom is -0.293 e. The maximum absolute atomic E-state index is 13.1. The van der Waals surface area contributed by atoms with Gasteiger partial charge in [-0.2, -0.15) is 0 Å². The summed E-state index contributed by atoms with van der Waals surface area (Å²) in [6, 6.07) is 2.77. The van der Waals surface area contributed by atoms with Crippen LogP contribution in [-0.4, -0.2) is 11.1 Å². The van der Waals surface area contributed by atoms with Gasteiger partial charge in [0.15, 0.2) is 5.78 Å². The van der Waals surface area contributed by atoms with Crippen molar-refractivity contribution in [3.8, 4) is 0 Å². The normalized spacial score (nSPS) is 10.2. The van der Waals surface area contributed by atoms with Crippen molar-refractivity contribution < 1.29 is 9.18 Å². The van der Waals surface area contributed by atoms with E-state index in [1.54, 1.807) is 0 Å². The second kappa shape index (κ2) is 4.70. The molecule has 70 valence electrons. The fourth-order valence-electron chi connectivity index (χ4n) is 0.849. The summed E-state index contributed by atoms with van der Waals surface area (Å²) >= 11 is 10.7. The van der Waals surface area contributed by atoms with Gasteiger partial charge in [0.05, 0.1) is 15.9 Å². The second-order valence-corrected chi connectivity index (χ2v) is 4.38. The predicted octanol–water partition coefficient (Wildman–Crippen LogP) is 3.66. The van der Waals surface area contributed by atoms with Crippen molar-refractivity contribution >= 4 is 55.9 Å². The summed E-state index contributed by atoms with van der Waals surface area (Å²) < 4.78 is 13.8. The van der Waals surface area contributed by atoms with Gasteiger partial charge in [0.1, 0.15) is 5.82 Å². The predicted molar refractivity (Wildman–Crippen MR) is 62.3 cm³/mol. The van der Waals surface area contributed by atoms with Crippen molar-refractivity contribution in [1.82, 2.24) is 0 Å². The molecular weight excluding hydrogens is 373 g/mol. The third-order valence-corrected chi connectivity index (χ3v) is 3.56. The van der Waals surface area contributed by atoms with Gasteiger partial charge in [-0.3, -0.25) is 4.79 Å². The van der Waals surface area contributed by atoms with Crippen molar-refractivity contribution in [2.75, 3.05) is 5.33 Å². The number of rotatable bonds is 2. The van der Waals surface area contributed by atoms with Crippen molar-refractivity contribution in [2.24, 2.45) is 0 Å². The van der Waals surface area contributed by atoms with Crippen LogP contribution >= 0.6 is 50.1 Å². The van der Waals surface area contributed by atoms with E-state index in [1.807, 2.05) is 22.6 Å². The average molecular weight is 377 g/mol. The molecule has 0 saturated carbocycles. The highest BCUT2D eigenvalue weighted by Gasteiger charge is 2.16. The molecule has 0 aliphatic rings. The number of hydrogen-bond acceptors (Lipinski definition) is 1. The number of carbonyl (C=O) groups excluding carboxylic acids is 1. The highest BCUT2D eigenvalue weighted by Crippen LogP contribution is 2.25. The van der Waals surface area contributed by atoms with Crippen LogP contribution in [0.1, 0.15) is 10.4 Å². The lowest BCUT2D eigenvalue weighted by Crippen LogP contribution is -2.05. The lowest BCUT2D eigenvalue weighted by molar-refractivity contribution is 0.102. The first kappa shape index (κ1) is 11.4. The molecule has 1 aromatic rings. The fourth-order valence-corrected chi connectivity index (χ4v) is 1.84. The van der Waals surface area contributed by atoms with Gasteiger partial charge in [-0.1, -0.05) is 27.5 Å². The Morgan fingerprint density at radius 2 is 2.23 bits per heavy atom. The van der Waals surface area contributed by atoms with Crippen LogP contribution in [0.15, 0.2) is 12.1 Å². The van der Waals surface area contributed by atoms with E-state index in [0.29, 0.717) is 3.57 Å². The third-order valence-electron chi connectivity index (χ3n) is 1.44. The number of alkyl halides is 1. The Balaban J connectivity index is 3.33. The van der Waals surface area contributed by atoms with Crippen LogP contribution in [0.25, 0.3) is 0 Å². The van der Waals surface area contributed by atoms with Crippen LogP contribution < -0.4 is 0 Å². The highest BCUT2D eigenvalue weighted by molar-refractivity contribution is 14.1. The van der Waals surface area contributed by atoms with Crippen molar-refractivity contribution in [3.05, 3.63) is 32.1 Å². The standard InChI is InChI=1S/C8H4BrClFIO/c9-3-6(13)7-4(11)1-2-5(12)8(7)10/h1-2H,3H2. The molecule has 13 heavy (non-hydrogen) atoms. The lowest BCUT2D eigenvalue weighted by Gasteiger charge is -2.04. The molecular formula is C8H4BrClFIO. The summed E-state index contributed by atoms with van der Waals surface area (Å²) in [6.45, 7) is 0. The Morgan fingerprint density at radius 3 is 2.77 bits per heavy atom. The Kier molecular flexibility index (Phi) is 4.12. The summed E-state index contributed by atoms with van der Waals surface area (Å²) in [7, 11) is 0. The highest BCUT2D eigenvalue weighted by atomic mass is 127. The van der Waals surface area contributed by atoms with Crippen LogP contribution in [0.2, 0.25) is 5.02 Å². The molecule has 1 nitrogen and oxygen atoms in total. The second-order valence-electron chi connectivity index (χ2n) is 2.27. The van der Waals surface area contributed by atoms with Crippen LogP contribution in [-0.2, 0) is 0 Å². The first-order chi connectivity index (χ1) is 6.07. The van der Waals surface area contributed by atoms with E-state index < -0.39 is 5.82 Å². The summed E-state index contributed by atoms with van der Waals surface area (Å²) in [5.74, 6) is -0.920. The van der Waals surface area contributed by atoms with Crippen LogP contribution in [0.5, 0.6) is 0 Å². The van der Waals surface area contributed by atoms with Crippen LogP contribution in [0.4, 0.5) is 4.39 Å². The van der Waals surface area contributed by atoms with Crippen molar-refractivity contribution in [1.29, 1.82) is 0 Å². The van der Waals surface area contributed by atoms with Crippen molar-refractivity contribution in [2.45, 2.75) is 0 Å². The van der Waals surface area contributed by atoms with Gasteiger partial charge in [-0.05, 0) is 34.7 Å². The van der Waals surface area contributed by atoms with E-state index >= 15 is 0 Å². The number of hydrogen-bond donors (Lipinski definition) is 0. The molecule has 1 rings (SSSR count). The SMILES string of the molecule is O=C(CBr)c1c(F)ccc(I)c1Cl. The largest absolute Gasteiger partial charge is 0.293 e. The summed E-state index contributed by atoms with van der Waals surface area (Å²) in [4.78, 5) is 11.2. The Bertz CT molecular complexity index is 356. The number of ketones is 1. The molecule has 0 unspecified atom stereocenters. The molecule has 0 bridgehead atoms. The summed E-state index contributed by atoms with van der Waals surface area (Å²) in [5.41, 5.74) is -0.0366. The average Bonchev–Trinajstić information content (AvgIpc) is 2.12. The molecule has 0 aliphatic carbocycles. The van der Waals surface area contributed by atoms with Gasteiger partial charge in [0.25, 0.3) is 0 Å². The van der Waals surface area contributed by atoms with E-state index in [4.69, 9.17) is 11.6 Å². The molecule has 5 heteroatoms. The number of halogens is 4. The van der Waals surface area contributed by atoms with Gasteiger partial charge in [0.2, 0.25) is 0 Å². The molecule has 0 aliphatic heterocycles. The van der Waals surface area contributed by atoms with E-state index in [2.05, 4.69) is 15.9 Å². The van der Waals surface area contributed by atoms with E-state index in [-0.39, 0.29) is 21.7 Å². The first-order valence-electron chi connectivity index (χ1n) is 3.30. The smallest absolute Gasteiger partial charge is 0.177 e. The molecule has 0 saturated heterocycles. The zero-order valence-corrected chi connectivity index (χ0v) is 10.8. The number of carbonyl (C=O) groups is 1. The maximum atomic E-state index is 13.1. The molecule has 0 heterocycles. The number of benzene rings is 1. The summed E-state index contributed by atoms with van der Waals surface area (Å²) in [6.07, 6.45) is 0. The topological polar surface area (TPSA) is 17.1 Å². The molecule has 0 atom stereocenters. The maximum Gasteiger partial charge on any atom is 0.177 e. The minimum absolute atomic E-state index is 0.0366. The molecule has 0 aromatic heterocycles. The minimum atomic E-state index is -0.574. The van der Waals surface area contributed by atoms with Gasteiger partial charge < -0.3 is 0 Å². The quantitative estimate of drug-likeness (QED) is 0.333. The monoisotopic (exact) mass is 376 g/mol. The zero-order valence-electron chi connectivity index (χ0n) is 6.28. The molecule has 0 N–H and O–H groups in total. The third kappa shape index (κ3) is 2.41. The Hall–Kier alpha value is 0.320.